The molecule has 2 aromatic carbocycles. The predicted octanol–water partition coefficient (Wildman–Crippen LogP) is 6.17. The molecule has 1 aromatic heterocycles. The first-order valence-corrected chi connectivity index (χ1v) is 15.9. The molecule has 2 aliphatic heterocycles. The van der Waals surface area contributed by atoms with Crippen molar-refractivity contribution in [3.8, 4) is 0 Å². The Kier molecular flexibility index (Phi) is 9.45. The maximum Gasteiger partial charge on any atom is 0.421 e. The smallest absolute Gasteiger partial charge is 0.378 e. The lowest BCUT2D eigenvalue weighted by Gasteiger charge is -2.30. The van der Waals surface area contributed by atoms with E-state index < -0.39 is 25.2 Å². The second kappa shape index (κ2) is 13.1. The Hall–Kier alpha value is -3.71. The highest BCUT2D eigenvalue weighted by molar-refractivity contribution is 7.53. The molecule has 0 spiro atoms. The van der Waals surface area contributed by atoms with Gasteiger partial charge in [0.1, 0.15) is 11.4 Å². The number of nitrogens with one attached hydrogen (secondary N) is 2. The van der Waals surface area contributed by atoms with Crippen LogP contribution >= 0.6 is 7.60 Å². The number of carbonyl (C=O) groups excluding carboxylic acids is 1. The Morgan fingerprint density at radius 1 is 1.02 bits per heavy atom. The number of amides is 1. The zero-order valence-corrected chi connectivity index (χ0v) is 25.5. The van der Waals surface area contributed by atoms with Crippen LogP contribution in [0.2, 0.25) is 0 Å². The Bertz CT molecular complexity index is 1540. The fraction of sp³-hybridized carbons (Fsp3) is 0.414. The summed E-state index contributed by atoms with van der Waals surface area (Å²) in [6.45, 7) is 6.67. The van der Waals surface area contributed by atoms with Crippen LogP contribution < -0.4 is 15.5 Å². The number of hydrogen-bond acceptors (Lipinski definition) is 10. The summed E-state index contributed by atoms with van der Waals surface area (Å²) in [5.41, 5.74) is 2.24. The molecule has 0 atom stereocenters. The van der Waals surface area contributed by atoms with E-state index in [2.05, 4.69) is 25.5 Å². The van der Waals surface area contributed by atoms with Crippen molar-refractivity contribution in [1.82, 2.24) is 14.9 Å². The molecule has 44 heavy (non-hydrogen) atoms. The minimum absolute atomic E-state index is 0.0718. The SMILES string of the molecule is CCOP(=O)(Cc1ccc(Nc2ncc(C(F)(F)F)c(Nc3ccc(N4CCOCC4)c4c3C(=O)N(C)C4)n2)cc1)OCC. The molecule has 2 N–H and O–H groups in total. The summed E-state index contributed by atoms with van der Waals surface area (Å²) in [5.74, 6) is -0.880. The molecule has 1 fully saturated rings. The third-order valence-corrected chi connectivity index (χ3v) is 9.24. The highest BCUT2D eigenvalue weighted by Crippen LogP contribution is 2.51. The van der Waals surface area contributed by atoms with E-state index in [4.69, 9.17) is 13.8 Å². The predicted molar refractivity (Wildman–Crippen MR) is 160 cm³/mol. The lowest BCUT2D eigenvalue weighted by molar-refractivity contribution is -0.137. The van der Waals surface area contributed by atoms with Crippen LogP contribution in [-0.4, -0.2) is 67.3 Å². The van der Waals surface area contributed by atoms with Crippen molar-refractivity contribution in [2.24, 2.45) is 0 Å². The van der Waals surface area contributed by atoms with E-state index in [1.165, 1.54) is 4.90 Å². The quantitative estimate of drug-likeness (QED) is 0.237. The summed E-state index contributed by atoms with van der Waals surface area (Å²) in [4.78, 5) is 24.8. The van der Waals surface area contributed by atoms with Crippen LogP contribution in [0.25, 0.3) is 0 Å². The molecule has 1 amide bonds. The number of hydrogen-bond donors (Lipinski definition) is 2. The number of benzene rings is 2. The third-order valence-electron chi connectivity index (χ3n) is 7.18. The van der Waals surface area contributed by atoms with Crippen LogP contribution in [0.5, 0.6) is 0 Å². The van der Waals surface area contributed by atoms with Gasteiger partial charge >= 0.3 is 13.8 Å². The van der Waals surface area contributed by atoms with Crippen LogP contribution in [-0.2, 0) is 37.2 Å². The molecule has 5 rings (SSSR count). The molecule has 0 aliphatic carbocycles. The topological polar surface area (TPSA) is 118 Å². The number of morpholine rings is 1. The Morgan fingerprint density at radius 3 is 2.34 bits per heavy atom. The first-order chi connectivity index (χ1) is 21.0. The number of aromatic nitrogens is 2. The molecule has 3 heterocycles. The van der Waals surface area contributed by atoms with Crippen molar-refractivity contribution in [1.29, 1.82) is 0 Å². The van der Waals surface area contributed by atoms with Crippen molar-refractivity contribution in [2.45, 2.75) is 32.7 Å². The molecule has 3 aromatic rings. The average molecular weight is 635 g/mol. The molecular weight excluding hydrogens is 600 g/mol. The number of fused-ring (bicyclic) bond motifs is 1. The van der Waals surface area contributed by atoms with Crippen molar-refractivity contribution in [3.63, 3.8) is 0 Å². The number of halogens is 3. The molecule has 0 saturated carbocycles. The van der Waals surface area contributed by atoms with Crippen LogP contribution in [0, 0.1) is 0 Å². The number of rotatable bonds is 11. The normalized spacial score (nSPS) is 15.5. The Balaban J connectivity index is 1.42. The Labute approximate surface area is 253 Å². The molecule has 0 radical (unpaired) electrons. The molecule has 15 heteroatoms. The fourth-order valence-electron chi connectivity index (χ4n) is 5.19. The Morgan fingerprint density at radius 2 is 1.70 bits per heavy atom. The average Bonchev–Trinajstić information content (AvgIpc) is 3.28. The van der Waals surface area contributed by atoms with E-state index in [0.29, 0.717) is 55.9 Å². The van der Waals surface area contributed by atoms with E-state index in [-0.39, 0.29) is 36.9 Å². The minimum Gasteiger partial charge on any atom is -0.378 e. The van der Waals surface area contributed by atoms with E-state index in [1.54, 1.807) is 51.2 Å². The van der Waals surface area contributed by atoms with Gasteiger partial charge in [-0.15, -0.1) is 0 Å². The van der Waals surface area contributed by atoms with Gasteiger partial charge in [0.15, 0.2) is 0 Å². The minimum atomic E-state index is -4.75. The molecule has 11 nitrogen and oxygen atoms in total. The summed E-state index contributed by atoms with van der Waals surface area (Å²) < 4.78 is 71.1. The van der Waals surface area contributed by atoms with Gasteiger partial charge in [-0.05, 0) is 43.7 Å². The molecule has 0 bridgehead atoms. The van der Waals surface area contributed by atoms with Gasteiger partial charge in [-0.25, -0.2) is 4.98 Å². The van der Waals surface area contributed by atoms with E-state index in [9.17, 15) is 22.5 Å². The third kappa shape index (κ3) is 6.99. The lowest BCUT2D eigenvalue weighted by atomic mass is 10.0. The first-order valence-electron chi connectivity index (χ1n) is 14.2. The fourth-order valence-corrected chi connectivity index (χ4v) is 6.89. The van der Waals surface area contributed by atoms with E-state index in [1.807, 2.05) is 6.07 Å². The summed E-state index contributed by atoms with van der Waals surface area (Å²) in [6, 6.07) is 10.2. The van der Waals surface area contributed by atoms with Crippen LogP contribution in [0.3, 0.4) is 0 Å². The van der Waals surface area contributed by atoms with Crippen LogP contribution in [0.4, 0.5) is 42.0 Å². The second-order valence-corrected chi connectivity index (χ2v) is 12.3. The van der Waals surface area contributed by atoms with Gasteiger partial charge in [0, 0.05) is 49.8 Å². The monoisotopic (exact) mass is 634 g/mol. The van der Waals surface area contributed by atoms with Gasteiger partial charge in [0.05, 0.1) is 43.8 Å². The standard InChI is InChI=1S/C29H34F3N6O5P/c1-4-42-44(40,43-5-2)18-19-6-8-20(9-7-19)34-28-33-16-22(29(30,31)32)26(36-28)35-23-10-11-24(38-12-14-41-15-13-38)21-17-37(3)27(39)25(21)23/h6-11,16H,4-5,12-15,17-18H2,1-3H3,(H2,33,34,35,36). The zero-order chi connectivity index (χ0) is 31.5. The van der Waals surface area contributed by atoms with Gasteiger partial charge in [0.25, 0.3) is 5.91 Å². The number of carbonyl (C=O) groups is 1. The van der Waals surface area contributed by atoms with Gasteiger partial charge in [-0.2, -0.15) is 18.2 Å². The molecular formula is C29H34F3N6O5P. The van der Waals surface area contributed by atoms with Gasteiger partial charge in [-0.1, -0.05) is 12.1 Å². The number of anilines is 5. The van der Waals surface area contributed by atoms with Crippen molar-refractivity contribution < 1.29 is 36.3 Å². The molecule has 0 unspecified atom stereocenters. The van der Waals surface area contributed by atoms with E-state index in [0.717, 1.165) is 11.3 Å². The largest absolute Gasteiger partial charge is 0.421 e. The molecule has 2 aliphatic rings. The summed E-state index contributed by atoms with van der Waals surface area (Å²) >= 11 is 0. The van der Waals surface area contributed by atoms with Crippen molar-refractivity contribution in [3.05, 3.63) is 64.8 Å². The van der Waals surface area contributed by atoms with Crippen molar-refractivity contribution >= 4 is 42.3 Å². The summed E-state index contributed by atoms with van der Waals surface area (Å²) in [6.07, 6.45) is -3.99. The maximum absolute atomic E-state index is 14.0. The van der Waals surface area contributed by atoms with Gasteiger partial charge in [-0.3, -0.25) is 9.36 Å². The highest BCUT2D eigenvalue weighted by Gasteiger charge is 2.37. The number of alkyl halides is 3. The second-order valence-electron chi connectivity index (χ2n) is 10.3. The first kappa shape index (κ1) is 31.7. The van der Waals surface area contributed by atoms with Crippen LogP contribution in [0.15, 0.2) is 42.6 Å². The van der Waals surface area contributed by atoms with E-state index >= 15 is 0 Å². The summed E-state index contributed by atoms with van der Waals surface area (Å²) in [7, 11) is -1.65. The summed E-state index contributed by atoms with van der Waals surface area (Å²) in [5, 5.41) is 5.70. The van der Waals surface area contributed by atoms with Crippen molar-refractivity contribution in [2.75, 3.05) is 62.1 Å². The van der Waals surface area contributed by atoms with Gasteiger partial charge in [0.2, 0.25) is 5.95 Å². The lowest BCUT2D eigenvalue weighted by Crippen LogP contribution is -2.36. The number of nitrogens with zero attached hydrogens (tertiary/aromatic N) is 4. The molecule has 236 valence electrons. The highest BCUT2D eigenvalue weighted by atomic mass is 31.2. The molecule has 1 saturated heterocycles. The van der Waals surface area contributed by atoms with Gasteiger partial charge < -0.3 is 34.2 Å². The number of ether oxygens (including phenoxy) is 1. The maximum atomic E-state index is 14.0. The zero-order valence-electron chi connectivity index (χ0n) is 24.6. The van der Waals surface area contributed by atoms with Crippen LogP contribution in [0.1, 0.15) is 40.9 Å².